The van der Waals surface area contributed by atoms with Crippen LogP contribution in [0.25, 0.3) is 0 Å². The van der Waals surface area contributed by atoms with Crippen molar-refractivity contribution in [2.75, 3.05) is 20.3 Å². The minimum atomic E-state index is -1.56. The van der Waals surface area contributed by atoms with Crippen LogP contribution in [0.5, 0.6) is 11.5 Å². The van der Waals surface area contributed by atoms with Crippen molar-refractivity contribution in [1.29, 1.82) is 0 Å². The van der Waals surface area contributed by atoms with E-state index in [0.29, 0.717) is 12.2 Å². The predicted octanol–water partition coefficient (Wildman–Crippen LogP) is 2.89. The van der Waals surface area contributed by atoms with Crippen molar-refractivity contribution < 1.29 is 48.6 Å². The Morgan fingerprint density at radius 1 is 0.974 bits per heavy atom. The van der Waals surface area contributed by atoms with Crippen molar-refractivity contribution in [2.45, 2.75) is 56.4 Å². The van der Waals surface area contributed by atoms with Crippen LogP contribution in [0.2, 0.25) is 30.7 Å². The molecule has 1 heterocycles. The Bertz CT molecular complexity index is 1110. The number of hydrogen-bond donors (Lipinski definition) is 3. The van der Waals surface area contributed by atoms with Gasteiger partial charge in [-0.15, -0.1) is 0 Å². The second kappa shape index (κ2) is 13.0. The van der Waals surface area contributed by atoms with Crippen LogP contribution in [0.15, 0.2) is 42.5 Å². The Morgan fingerprint density at radius 3 is 2.29 bits per heavy atom. The van der Waals surface area contributed by atoms with E-state index in [1.807, 2.05) is 0 Å². The molecule has 1 aliphatic heterocycles. The molecule has 0 aliphatic carbocycles. The summed E-state index contributed by atoms with van der Waals surface area (Å²) in [5.74, 6) is -1.54. The van der Waals surface area contributed by atoms with Crippen LogP contribution in [0, 0.1) is 0 Å². The van der Waals surface area contributed by atoms with Gasteiger partial charge in [-0.1, -0.05) is 49.4 Å². The average Bonchev–Trinajstić information content (AvgIpc) is 2.88. The highest BCUT2D eigenvalue weighted by Crippen LogP contribution is 2.37. The summed E-state index contributed by atoms with van der Waals surface area (Å²) < 4.78 is 27.1. The Morgan fingerprint density at radius 2 is 1.66 bits per heavy atom. The number of rotatable bonds is 10. The predicted molar refractivity (Wildman–Crippen MR) is 140 cm³/mol. The molecule has 3 N–H and O–H groups in total. The molecule has 1 fully saturated rings. The number of aliphatic hydroxyl groups is 3. The first-order chi connectivity index (χ1) is 17.9. The van der Waals surface area contributed by atoms with E-state index in [-0.39, 0.29) is 22.1 Å². The highest BCUT2D eigenvalue weighted by molar-refractivity contribution is 6.76. The van der Waals surface area contributed by atoms with Gasteiger partial charge in [0.1, 0.15) is 31.0 Å². The van der Waals surface area contributed by atoms with E-state index >= 15 is 0 Å². The van der Waals surface area contributed by atoms with E-state index < -0.39 is 57.3 Å². The average molecular weight is 569 g/mol. The molecule has 208 valence electrons. The van der Waals surface area contributed by atoms with E-state index in [9.17, 15) is 24.9 Å². The van der Waals surface area contributed by atoms with E-state index in [1.165, 1.54) is 19.2 Å². The summed E-state index contributed by atoms with van der Waals surface area (Å²) in [6.07, 6.45) is -6.89. The molecule has 5 atom stereocenters. The van der Waals surface area contributed by atoms with E-state index in [4.69, 9.17) is 35.3 Å². The van der Waals surface area contributed by atoms with Gasteiger partial charge < -0.3 is 39.0 Å². The van der Waals surface area contributed by atoms with E-state index in [1.54, 1.807) is 30.3 Å². The molecule has 2 aromatic rings. The van der Waals surface area contributed by atoms with Crippen LogP contribution in [0.1, 0.15) is 20.7 Å². The number of ether oxygens (including phenoxy) is 5. The molecule has 12 heteroatoms. The first-order valence-corrected chi connectivity index (χ1v) is 16.1. The standard InChI is InChI=1S/C26H33ClO10Si/c1-33-18-13-16(12-17(27)23(18)37-25(32)15-8-6-5-7-9-15)24(31)35-14-19-20(28)21(29)22(30)26(36-19)34-10-11-38(2,3)4/h5-9,12-13,19-22,26,28-30H,10-11,14H2,1-4H3/t19-,20-,21+,22-,26-/m1/s1. The van der Waals surface area contributed by atoms with Crippen LogP contribution in [-0.4, -0.2) is 86.4 Å². The third-order valence-electron chi connectivity index (χ3n) is 5.85. The third-order valence-corrected chi connectivity index (χ3v) is 7.84. The summed E-state index contributed by atoms with van der Waals surface area (Å²) in [6.45, 7) is 6.36. The van der Waals surface area contributed by atoms with Gasteiger partial charge in [0.2, 0.25) is 0 Å². The third kappa shape index (κ3) is 7.76. The van der Waals surface area contributed by atoms with Crippen LogP contribution >= 0.6 is 11.6 Å². The minimum absolute atomic E-state index is 0.0137. The van der Waals surface area contributed by atoms with Gasteiger partial charge in [-0.25, -0.2) is 9.59 Å². The van der Waals surface area contributed by atoms with Crippen molar-refractivity contribution in [3.05, 3.63) is 58.6 Å². The van der Waals surface area contributed by atoms with E-state index in [2.05, 4.69) is 19.6 Å². The fraction of sp³-hybridized carbons (Fsp3) is 0.462. The lowest BCUT2D eigenvalue weighted by molar-refractivity contribution is -0.299. The first kappa shape index (κ1) is 30.0. The van der Waals surface area contributed by atoms with Crippen molar-refractivity contribution in [1.82, 2.24) is 0 Å². The summed E-state index contributed by atoms with van der Waals surface area (Å²) in [4.78, 5) is 25.2. The molecule has 0 saturated carbocycles. The summed E-state index contributed by atoms with van der Waals surface area (Å²) in [5, 5.41) is 30.8. The van der Waals surface area contributed by atoms with Crippen molar-refractivity contribution in [3.63, 3.8) is 0 Å². The maximum Gasteiger partial charge on any atom is 0.343 e. The minimum Gasteiger partial charge on any atom is -0.493 e. The van der Waals surface area contributed by atoms with E-state index in [0.717, 1.165) is 6.04 Å². The summed E-state index contributed by atoms with van der Waals surface area (Å²) >= 11 is 6.29. The van der Waals surface area contributed by atoms with Crippen LogP contribution < -0.4 is 9.47 Å². The lowest BCUT2D eigenvalue weighted by atomic mass is 9.99. The van der Waals surface area contributed by atoms with Gasteiger partial charge in [0.15, 0.2) is 17.8 Å². The first-order valence-electron chi connectivity index (χ1n) is 12.0. The number of aliphatic hydroxyl groups excluding tert-OH is 3. The molecular weight excluding hydrogens is 536 g/mol. The van der Waals surface area contributed by atoms with Gasteiger partial charge in [0.25, 0.3) is 0 Å². The molecular formula is C26H33ClO10Si. The second-order valence-corrected chi connectivity index (χ2v) is 16.1. The Kier molecular flexibility index (Phi) is 10.3. The zero-order valence-corrected chi connectivity index (χ0v) is 23.4. The van der Waals surface area contributed by atoms with Gasteiger partial charge in [-0.3, -0.25) is 0 Å². The zero-order valence-electron chi connectivity index (χ0n) is 21.6. The lowest BCUT2D eigenvalue weighted by Gasteiger charge is -2.40. The number of hydrogen-bond acceptors (Lipinski definition) is 10. The van der Waals surface area contributed by atoms with Gasteiger partial charge in [-0.2, -0.15) is 0 Å². The van der Waals surface area contributed by atoms with Gasteiger partial charge in [0, 0.05) is 14.7 Å². The highest BCUT2D eigenvalue weighted by Gasteiger charge is 2.45. The molecule has 2 aromatic carbocycles. The largest absolute Gasteiger partial charge is 0.493 e. The zero-order chi connectivity index (χ0) is 28.0. The number of halogens is 1. The van der Waals surface area contributed by atoms with Gasteiger partial charge in [0.05, 0.1) is 23.3 Å². The summed E-state index contributed by atoms with van der Waals surface area (Å²) in [6, 6.07) is 11.6. The maximum absolute atomic E-state index is 12.8. The van der Waals surface area contributed by atoms with Gasteiger partial charge >= 0.3 is 11.9 Å². The fourth-order valence-corrected chi connectivity index (χ4v) is 4.56. The summed E-state index contributed by atoms with van der Waals surface area (Å²) in [7, 11) is -0.0929. The van der Waals surface area contributed by atoms with Gasteiger partial charge in [-0.05, 0) is 30.3 Å². The van der Waals surface area contributed by atoms with Crippen molar-refractivity contribution in [2.24, 2.45) is 0 Å². The highest BCUT2D eigenvalue weighted by atomic mass is 35.5. The molecule has 0 bridgehead atoms. The molecule has 0 spiro atoms. The van der Waals surface area contributed by atoms with Crippen LogP contribution in [0.3, 0.4) is 0 Å². The number of carbonyl (C=O) groups excluding carboxylic acids is 2. The number of methoxy groups -OCH3 is 1. The smallest absolute Gasteiger partial charge is 0.343 e. The molecule has 1 aliphatic rings. The molecule has 10 nitrogen and oxygen atoms in total. The Balaban J connectivity index is 1.66. The molecule has 3 rings (SSSR count). The van der Waals surface area contributed by atoms with Crippen LogP contribution in [0.4, 0.5) is 0 Å². The number of carbonyl (C=O) groups is 2. The number of benzene rings is 2. The SMILES string of the molecule is COc1cc(C(=O)OC[C@H]2O[C@@H](OCC[Si](C)(C)C)[C@H](O)[C@@H](O)[C@@H]2O)cc(Cl)c1OC(=O)c1ccccc1. The monoisotopic (exact) mass is 568 g/mol. The topological polar surface area (TPSA) is 141 Å². The fourth-order valence-electron chi connectivity index (χ4n) is 3.58. The Hall–Kier alpha value is -2.51. The molecule has 0 unspecified atom stereocenters. The maximum atomic E-state index is 12.8. The normalized spacial score (nSPS) is 23.5. The number of esters is 2. The van der Waals surface area contributed by atoms with Crippen molar-refractivity contribution >= 4 is 31.6 Å². The molecule has 0 amide bonds. The van der Waals surface area contributed by atoms with Crippen LogP contribution in [-0.2, 0) is 14.2 Å². The molecule has 1 saturated heterocycles. The molecule has 38 heavy (non-hydrogen) atoms. The summed E-state index contributed by atoms with van der Waals surface area (Å²) in [5.41, 5.74) is 0.287. The quantitative estimate of drug-likeness (QED) is 0.222. The molecule has 0 aromatic heterocycles. The Labute approximate surface area is 227 Å². The molecule has 0 radical (unpaired) electrons. The van der Waals surface area contributed by atoms with Crippen molar-refractivity contribution in [3.8, 4) is 11.5 Å². The second-order valence-electron chi connectivity index (χ2n) is 10.0. The lowest BCUT2D eigenvalue weighted by Crippen LogP contribution is -2.59.